The largest absolute Gasteiger partial charge is 0.355 e. The Kier molecular flexibility index (Phi) is 6.90. The van der Waals surface area contributed by atoms with Crippen molar-refractivity contribution < 1.29 is 4.79 Å². The molecule has 6 rings (SSSR count). The van der Waals surface area contributed by atoms with Gasteiger partial charge in [-0.25, -0.2) is 0 Å². The lowest BCUT2D eigenvalue weighted by molar-refractivity contribution is -0.128. The SMILES string of the molecule is CN1CCN(C2c3ccc(Cl)cc3CCc3cc(Br)cnc32)C[C@@H]1C(=O)NCCC1(n2cccc2)CC1. The second-order valence-electron chi connectivity index (χ2n) is 10.8. The number of carbonyl (C=O) groups excluding carboxylic acids is 1. The first-order valence-electron chi connectivity index (χ1n) is 13.2. The van der Waals surface area contributed by atoms with Crippen LogP contribution in [-0.4, -0.2) is 64.5 Å². The first kappa shape index (κ1) is 25.1. The second-order valence-corrected chi connectivity index (χ2v) is 12.1. The zero-order valence-electron chi connectivity index (χ0n) is 21.2. The number of nitrogens with one attached hydrogen (secondary N) is 1. The molecule has 2 fully saturated rings. The minimum absolute atomic E-state index is 0.00495. The maximum atomic E-state index is 13.5. The summed E-state index contributed by atoms with van der Waals surface area (Å²) < 4.78 is 3.31. The highest BCUT2D eigenvalue weighted by molar-refractivity contribution is 9.10. The van der Waals surface area contributed by atoms with Gasteiger partial charge in [0.05, 0.1) is 11.7 Å². The summed E-state index contributed by atoms with van der Waals surface area (Å²) in [6.45, 7) is 3.07. The quantitative estimate of drug-likeness (QED) is 0.454. The summed E-state index contributed by atoms with van der Waals surface area (Å²) in [7, 11) is 2.06. The van der Waals surface area contributed by atoms with E-state index in [1.807, 2.05) is 12.3 Å². The lowest BCUT2D eigenvalue weighted by Crippen LogP contribution is -2.58. The maximum Gasteiger partial charge on any atom is 0.238 e. The van der Waals surface area contributed by atoms with Crippen LogP contribution in [0.2, 0.25) is 5.02 Å². The smallest absolute Gasteiger partial charge is 0.238 e. The van der Waals surface area contributed by atoms with E-state index in [1.165, 1.54) is 29.5 Å². The van der Waals surface area contributed by atoms with Crippen molar-refractivity contribution in [2.24, 2.45) is 0 Å². The zero-order valence-corrected chi connectivity index (χ0v) is 23.5. The number of benzene rings is 1. The minimum Gasteiger partial charge on any atom is -0.355 e. The third-order valence-corrected chi connectivity index (χ3v) is 9.18. The topological polar surface area (TPSA) is 53.4 Å². The van der Waals surface area contributed by atoms with Gasteiger partial charge in [-0.3, -0.25) is 19.6 Å². The molecule has 3 heterocycles. The lowest BCUT2D eigenvalue weighted by Gasteiger charge is -2.42. The maximum absolute atomic E-state index is 13.5. The number of halogens is 2. The molecule has 1 N–H and O–H groups in total. The van der Waals surface area contributed by atoms with E-state index in [2.05, 4.69) is 85.4 Å². The van der Waals surface area contributed by atoms with Crippen molar-refractivity contribution in [1.29, 1.82) is 0 Å². The first-order valence-corrected chi connectivity index (χ1v) is 14.4. The average molecular weight is 583 g/mol. The van der Waals surface area contributed by atoms with Crippen LogP contribution in [0.15, 0.2) is 59.5 Å². The molecule has 6 nitrogen and oxygen atoms in total. The van der Waals surface area contributed by atoms with Crippen molar-refractivity contribution in [3.05, 3.63) is 86.9 Å². The Hall–Kier alpha value is -2.19. The first-order chi connectivity index (χ1) is 17.9. The molecule has 0 radical (unpaired) electrons. The molecule has 1 amide bonds. The van der Waals surface area contributed by atoms with Crippen LogP contribution in [0.1, 0.15) is 47.7 Å². The van der Waals surface area contributed by atoms with E-state index >= 15 is 0 Å². The molecule has 3 aliphatic rings. The van der Waals surface area contributed by atoms with Crippen LogP contribution in [0.5, 0.6) is 0 Å². The van der Waals surface area contributed by atoms with Crippen molar-refractivity contribution in [2.45, 2.75) is 49.7 Å². The van der Waals surface area contributed by atoms with Crippen molar-refractivity contribution in [3.63, 3.8) is 0 Å². The highest BCUT2D eigenvalue weighted by atomic mass is 79.9. The molecule has 1 saturated heterocycles. The van der Waals surface area contributed by atoms with Gasteiger partial charge in [0.15, 0.2) is 0 Å². The number of hydrogen-bond acceptors (Lipinski definition) is 4. The Bertz CT molecular complexity index is 1240. The van der Waals surface area contributed by atoms with Gasteiger partial charge in [0.1, 0.15) is 6.04 Å². The van der Waals surface area contributed by atoms with Crippen LogP contribution in [0.4, 0.5) is 0 Å². The van der Waals surface area contributed by atoms with Crippen LogP contribution in [0.3, 0.4) is 0 Å². The predicted octanol–water partition coefficient (Wildman–Crippen LogP) is 4.80. The number of piperazine rings is 1. The summed E-state index contributed by atoms with van der Waals surface area (Å²) in [5.74, 6) is 0.115. The van der Waals surface area contributed by atoms with Gasteiger partial charge in [-0.05, 0) is 102 Å². The van der Waals surface area contributed by atoms with E-state index in [4.69, 9.17) is 16.6 Å². The summed E-state index contributed by atoms with van der Waals surface area (Å²) in [6, 6.07) is 12.4. The molecular weight excluding hydrogens is 550 g/mol. The van der Waals surface area contributed by atoms with Gasteiger partial charge in [0, 0.05) is 59.8 Å². The normalized spacial score (nSPS) is 23.1. The van der Waals surface area contributed by atoms with E-state index in [1.54, 1.807) is 0 Å². The summed E-state index contributed by atoms with van der Waals surface area (Å²) in [5, 5.41) is 4.04. The molecule has 1 aromatic carbocycles. The third kappa shape index (κ3) is 4.99. The molecule has 3 aromatic rings. The van der Waals surface area contributed by atoms with Crippen molar-refractivity contribution in [2.75, 3.05) is 33.2 Å². The van der Waals surface area contributed by atoms with Crippen LogP contribution >= 0.6 is 27.5 Å². The van der Waals surface area contributed by atoms with Crippen LogP contribution < -0.4 is 5.32 Å². The Morgan fingerprint density at radius 1 is 1.16 bits per heavy atom. The van der Waals surface area contributed by atoms with E-state index in [0.717, 1.165) is 47.5 Å². The predicted molar refractivity (Wildman–Crippen MR) is 150 cm³/mol. The molecule has 194 valence electrons. The molecule has 1 aliphatic heterocycles. The van der Waals surface area contributed by atoms with Crippen molar-refractivity contribution in [1.82, 2.24) is 24.7 Å². The van der Waals surface area contributed by atoms with Gasteiger partial charge >= 0.3 is 0 Å². The highest BCUT2D eigenvalue weighted by Gasteiger charge is 2.43. The number of carbonyl (C=O) groups is 1. The summed E-state index contributed by atoms with van der Waals surface area (Å²) in [5.41, 5.74) is 5.06. The van der Waals surface area contributed by atoms with Crippen molar-refractivity contribution >= 4 is 33.4 Å². The monoisotopic (exact) mass is 581 g/mol. The third-order valence-electron chi connectivity index (χ3n) is 8.51. The summed E-state index contributed by atoms with van der Waals surface area (Å²) in [4.78, 5) is 23.0. The number of aryl methyl sites for hydroxylation is 2. The molecule has 1 unspecified atom stereocenters. The number of hydrogen-bond donors (Lipinski definition) is 1. The molecule has 0 spiro atoms. The number of rotatable bonds is 6. The van der Waals surface area contributed by atoms with E-state index < -0.39 is 0 Å². The molecular formula is C29H33BrClN5O. The molecule has 1 saturated carbocycles. The standard InChI is InChI=1S/C29H33BrClN5O/c1-34-14-15-35(19-25(34)28(37)32-11-10-29(8-9-29)36-12-2-3-13-36)27-24-7-6-23(31)17-20(24)4-5-21-16-22(30)18-33-26(21)27/h2-3,6-7,12-13,16-18,25,27H,4-5,8-11,14-15,19H2,1H3,(H,32,37)/t25-,27?/m1/s1. The molecule has 2 aromatic heterocycles. The number of amides is 1. The number of nitrogens with zero attached hydrogens (tertiary/aromatic N) is 4. The van der Waals surface area contributed by atoms with Gasteiger partial charge < -0.3 is 9.88 Å². The Morgan fingerprint density at radius 2 is 1.95 bits per heavy atom. The molecule has 2 aliphatic carbocycles. The summed E-state index contributed by atoms with van der Waals surface area (Å²) in [6.07, 6.45) is 11.4. The average Bonchev–Trinajstić information content (AvgIpc) is 3.50. The van der Waals surface area contributed by atoms with Crippen LogP contribution in [0.25, 0.3) is 0 Å². The minimum atomic E-state index is -0.201. The zero-order chi connectivity index (χ0) is 25.6. The number of pyridine rings is 1. The van der Waals surface area contributed by atoms with Gasteiger partial charge in [0.25, 0.3) is 0 Å². The molecule has 2 atom stereocenters. The van der Waals surface area contributed by atoms with E-state index in [0.29, 0.717) is 13.1 Å². The van der Waals surface area contributed by atoms with Crippen molar-refractivity contribution in [3.8, 4) is 0 Å². The van der Waals surface area contributed by atoms with Gasteiger partial charge in [-0.15, -0.1) is 0 Å². The fourth-order valence-electron chi connectivity index (χ4n) is 6.16. The Balaban J connectivity index is 1.21. The molecule has 8 heteroatoms. The molecule has 37 heavy (non-hydrogen) atoms. The number of likely N-dealkylation sites (N-methyl/N-ethyl adjacent to an activating group) is 1. The Labute approximate surface area is 232 Å². The lowest BCUT2D eigenvalue weighted by atomic mass is 9.95. The van der Waals surface area contributed by atoms with Gasteiger partial charge in [0.2, 0.25) is 5.91 Å². The highest BCUT2D eigenvalue weighted by Crippen LogP contribution is 2.46. The van der Waals surface area contributed by atoms with E-state index in [9.17, 15) is 4.79 Å². The number of aromatic nitrogens is 2. The fraction of sp³-hybridized carbons (Fsp3) is 0.448. The Morgan fingerprint density at radius 3 is 2.73 bits per heavy atom. The van der Waals surface area contributed by atoms with Gasteiger partial charge in [-0.2, -0.15) is 0 Å². The van der Waals surface area contributed by atoms with Crippen LogP contribution in [-0.2, 0) is 23.2 Å². The van der Waals surface area contributed by atoms with Gasteiger partial charge in [-0.1, -0.05) is 17.7 Å². The fourth-order valence-corrected chi connectivity index (χ4v) is 6.74. The van der Waals surface area contributed by atoms with Crippen LogP contribution in [0, 0.1) is 0 Å². The molecule has 0 bridgehead atoms. The number of fused-ring (bicyclic) bond motifs is 2. The van der Waals surface area contributed by atoms with E-state index in [-0.39, 0.29) is 23.5 Å². The summed E-state index contributed by atoms with van der Waals surface area (Å²) >= 11 is 10.0. The second kappa shape index (κ2) is 10.2.